The lowest BCUT2D eigenvalue weighted by atomic mass is 10.2. The number of nitrogens with zero attached hydrogens (tertiary/aromatic N) is 1. The predicted molar refractivity (Wildman–Crippen MR) is 111 cm³/mol. The molecule has 2 aromatic rings. The summed E-state index contributed by atoms with van der Waals surface area (Å²) in [6, 6.07) is 13.9. The fraction of sp³-hybridized carbons (Fsp3) is 0.286. The van der Waals surface area contributed by atoms with Crippen LogP contribution in [0.5, 0.6) is 0 Å². The Morgan fingerprint density at radius 2 is 1.89 bits per heavy atom. The fourth-order valence-electron chi connectivity index (χ4n) is 2.27. The third-order valence-electron chi connectivity index (χ3n) is 3.79. The van der Waals surface area contributed by atoms with Gasteiger partial charge in [0.15, 0.2) is 6.61 Å². The van der Waals surface area contributed by atoms with Crippen LogP contribution in [0.25, 0.3) is 16.5 Å². The first kappa shape index (κ1) is 21.4. The largest absolute Gasteiger partial charge is 0.452 e. The molecule has 0 spiro atoms. The molecule has 0 radical (unpaired) electrons. The molecule has 0 aliphatic heterocycles. The Bertz CT molecular complexity index is 830. The molecule has 6 nitrogen and oxygen atoms in total. The number of esters is 1. The van der Waals surface area contributed by atoms with Crippen molar-refractivity contribution in [1.29, 1.82) is 0 Å². The van der Waals surface area contributed by atoms with Gasteiger partial charge in [0.1, 0.15) is 0 Å². The molecule has 148 valence electrons. The summed E-state index contributed by atoms with van der Waals surface area (Å²) in [4.78, 5) is 38.6. The number of benzene rings is 1. The molecule has 2 amide bonds. The SMILES string of the molecule is CCCNC(=O)CN(C)C(=O)COC(=O)/C=C/c1ccc(-c2ccccc2)s1. The summed E-state index contributed by atoms with van der Waals surface area (Å²) in [5.41, 5.74) is 1.12. The van der Waals surface area contributed by atoms with Crippen LogP contribution < -0.4 is 5.32 Å². The Labute approximate surface area is 168 Å². The molecular formula is C21H24N2O4S. The Balaban J connectivity index is 1.78. The van der Waals surface area contributed by atoms with Gasteiger partial charge in [-0.15, -0.1) is 11.3 Å². The van der Waals surface area contributed by atoms with Crippen molar-refractivity contribution in [3.05, 3.63) is 53.4 Å². The minimum atomic E-state index is -0.605. The number of carbonyl (C=O) groups is 3. The van der Waals surface area contributed by atoms with Crippen LogP contribution in [0.3, 0.4) is 0 Å². The molecule has 1 aromatic heterocycles. The third kappa shape index (κ3) is 7.00. The number of rotatable bonds is 9. The van der Waals surface area contributed by atoms with E-state index in [0.29, 0.717) is 6.54 Å². The highest BCUT2D eigenvalue weighted by molar-refractivity contribution is 7.16. The van der Waals surface area contributed by atoms with Crippen LogP contribution in [0.1, 0.15) is 18.2 Å². The van der Waals surface area contributed by atoms with Crippen LogP contribution in [0, 0.1) is 0 Å². The van der Waals surface area contributed by atoms with Gasteiger partial charge in [0, 0.05) is 29.4 Å². The van der Waals surface area contributed by atoms with E-state index < -0.39 is 18.5 Å². The van der Waals surface area contributed by atoms with Crippen molar-refractivity contribution in [2.75, 3.05) is 26.7 Å². The maximum atomic E-state index is 11.9. The van der Waals surface area contributed by atoms with E-state index in [0.717, 1.165) is 21.7 Å². The number of ether oxygens (including phenoxy) is 1. The lowest BCUT2D eigenvalue weighted by Gasteiger charge is -2.16. The zero-order valence-electron chi connectivity index (χ0n) is 16.0. The predicted octanol–water partition coefficient (Wildman–Crippen LogP) is 2.96. The maximum absolute atomic E-state index is 11.9. The molecule has 0 saturated carbocycles. The third-order valence-corrected chi connectivity index (χ3v) is 4.88. The molecule has 7 heteroatoms. The molecule has 1 aromatic carbocycles. The van der Waals surface area contributed by atoms with Gasteiger partial charge in [-0.3, -0.25) is 9.59 Å². The molecule has 0 saturated heterocycles. The molecule has 2 rings (SSSR count). The number of likely N-dealkylation sites (N-methyl/N-ethyl adjacent to an activating group) is 1. The van der Waals surface area contributed by atoms with Crippen molar-refractivity contribution in [2.24, 2.45) is 0 Å². The second kappa shape index (κ2) is 11.0. The van der Waals surface area contributed by atoms with Crippen LogP contribution >= 0.6 is 11.3 Å². The highest BCUT2D eigenvalue weighted by Gasteiger charge is 2.14. The van der Waals surface area contributed by atoms with Crippen molar-refractivity contribution >= 4 is 35.2 Å². The molecular weight excluding hydrogens is 376 g/mol. The van der Waals surface area contributed by atoms with E-state index in [1.807, 2.05) is 49.4 Å². The van der Waals surface area contributed by atoms with Crippen LogP contribution in [-0.2, 0) is 19.1 Å². The van der Waals surface area contributed by atoms with Crippen LogP contribution in [-0.4, -0.2) is 49.4 Å². The monoisotopic (exact) mass is 400 g/mol. The van der Waals surface area contributed by atoms with E-state index in [9.17, 15) is 14.4 Å². The van der Waals surface area contributed by atoms with Gasteiger partial charge in [0.25, 0.3) is 5.91 Å². The second-order valence-electron chi connectivity index (χ2n) is 6.11. The first-order chi connectivity index (χ1) is 13.5. The quantitative estimate of drug-likeness (QED) is 0.519. The van der Waals surface area contributed by atoms with Crippen molar-refractivity contribution in [1.82, 2.24) is 10.2 Å². The highest BCUT2D eigenvalue weighted by atomic mass is 32.1. The molecule has 0 fully saturated rings. The van der Waals surface area contributed by atoms with Crippen molar-refractivity contribution in [2.45, 2.75) is 13.3 Å². The molecule has 0 unspecified atom stereocenters. The summed E-state index contributed by atoms with van der Waals surface area (Å²) in [5.74, 6) is -1.28. The fourth-order valence-corrected chi connectivity index (χ4v) is 3.18. The smallest absolute Gasteiger partial charge is 0.331 e. The van der Waals surface area contributed by atoms with Crippen molar-refractivity contribution in [3.8, 4) is 10.4 Å². The number of hydrogen-bond acceptors (Lipinski definition) is 5. The Hall–Kier alpha value is -2.93. The molecule has 0 aliphatic carbocycles. The lowest BCUT2D eigenvalue weighted by molar-refractivity contribution is -0.148. The highest BCUT2D eigenvalue weighted by Crippen LogP contribution is 2.28. The van der Waals surface area contributed by atoms with Gasteiger partial charge < -0.3 is 15.0 Å². The number of nitrogens with one attached hydrogen (secondary N) is 1. The summed E-state index contributed by atoms with van der Waals surface area (Å²) in [6.07, 6.45) is 3.78. The van der Waals surface area contributed by atoms with E-state index in [4.69, 9.17) is 4.74 Å². The summed E-state index contributed by atoms with van der Waals surface area (Å²) in [6.45, 7) is 2.04. The number of thiophene rings is 1. The maximum Gasteiger partial charge on any atom is 0.331 e. The van der Waals surface area contributed by atoms with Gasteiger partial charge in [0.05, 0.1) is 6.54 Å². The van der Waals surface area contributed by atoms with E-state index in [1.165, 1.54) is 18.0 Å². The van der Waals surface area contributed by atoms with Gasteiger partial charge >= 0.3 is 5.97 Å². The second-order valence-corrected chi connectivity index (χ2v) is 7.22. The van der Waals surface area contributed by atoms with Gasteiger partial charge in [0.2, 0.25) is 5.91 Å². The average Bonchev–Trinajstić information content (AvgIpc) is 3.18. The van der Waals surface area contributed by atoms with E-state index in [-0.39, 0.29) is 12.5 Å². The Kier molecular flexibility index (Phi) is 8.42. The summed E-state index contributed by atoms with van der Waals surface area (Å²) >= 11 is 1.56. The molecule has 1 N–H and O–H groups in total. The average molecular weight is 401 g/mol. The Morgan fingerprint density at radius 1 is 1.14 bits per heavy atom. The van der Waals surface area contributed by atoms with Gasteiger partial charge in [-0.1, -0.05) is 37.3 Å². The van der Waals surface area contributed by atoms with Gasteiger partial charge in [-0.2, -0.15) is 0 Å². The van der Waals surface area contributed by atoms with Crippen molar-refractivity contribution in [3.63, 3.8) is 0 Å². The van der Waals surface area contributed by atoms with Crippen LogP contribution in [0.4, 0.5) is 0 Å². The zero-order valence-corrected chi connectivity index (χ0v) is 16.8. The molecule has 1 heterocycles. The minimum Gasteiger partial charge on any atom is -0.452 e. The normalized spacial score (nSPS) is 10.6. The van der Waals surface area contributed by atoms with E-state index in [2.05, 4.69) is 5.32 Å². The molecule has 0 aliphatic rings. The standard InChI is InChI=1S/C21H24N2O4S/c1-3-13-22-19(24)14-23(2)20(25)15-27-21(26)12-10-17-9-11-18(28-17)16-7-5-4-6-8-16/h4-12H,3,13-15H2,1-2H3,(H,22,24)/b12-10+. The van der Waals surface area contributed by atoms with E-state index >= 15 is 0 Å². The molecule has 0 atom stereocenters. The zero-order chi connectivity index (χ0) is 20.4. The summed E-state index contributed by atoms with van der Waals surface area (Å²) in [7, 11) is 1.49. The molecule has 28 heavy (non-hydrogen) atoms. The first-order valence-corrected chi connectivity index (χ1v) is 9.82. The first-order valence-electron chi connectivity index (χ1n) is 9.00. The number of amides is 2. The number of hydrogen-bond donors (Lipinski definition) is 1. The topological polar surface area (TPSA) is 75.7 Å². The van der Waals surface area contributed by atoms with Gasteiger partial charge in [-0.25, -0.2) is 4.79 Å². The summed E-state index contributed by atoms with van der Waals surface area (Å²) in [5, 5.41) is 2.68. The Morgan fingerprint density at radius 3 is 2.61 bits per heavy atom. The van der Waals surface area contributed by atoms with E-state index in [1.54, 1.807) is 17.4 Å². The van der Waals surface area contributed by atoms with Gasteiger partial charge in [-0.05, 0) is 30.2 Å². The lowest BCUT2D eigenvalue weighted by Crippen LogP contribution is -2.40. The molecule has 0 bridgehead atoms. The van der Waals surface area contributed by atoms with Crippen molar-refractivity contribution < 1.29 is 19.1 Å². The van der Waals surface area contributed by atoms with Crippen LogP contribution in [0.2, 0.25) is 0 Å². The summed E-state index contributed by atoms with van der Waals surface area (Å²) < 4.78 is 4.96. The van der Waals surface area contributed by atoms with Crippen LogP contribution in [0.15, 0.2) is 48.5 Å². The minimum absolute atomic E-state index is 0.0658. The number of carbonyl (C=O) groups excluding carboxylic acids is 3.